The number of benzene rings is 10. The highest BCUT2D eigenvalue weighted by molar-refractivity contribution is 6.25. The van der Waals surface area contributed by atoms with Crippen molar-refractivity contribution in [1.29, 1.82) is 0 Å². The summed E-state index contributed by atoms with van der Waals surface area (Å²) in [5.41, 5.74) is 10.8. The smallest absolute Gasteiger partial charge is 0.145 e. The molecule has 0 fully saturated rings. The van der Waals surface area contributed by atoms with E-state index in [9.17, 15) is 0 Å². The molecule has 2 heterocycles. The quantitative estimate of drug-likeness (QED) is 0.165. The summed E-state index contributed by atoms with van der Waals surface area (Å²) in [6.07, 6.45) is 0. The Bertz CT molecular complexity index is 3540. The molecule has 58 heavy (non-hydrogen) atoms. The Balaban J connectivity index is 1.03. The van der Waals surface area contributed by atoms with Crippen molar-refractivity contribution in [3.8, 4) is 45.3 Å². The van der Waals surface area contributed by atoms with Crippen LogP contribution < -0.4 is 0 Å². The van der Waals surface area contributed by atoms with Crippen molar-refractivity contribution in [1.82, 2.24) is 19.1 Å². The molecule has 10 aromatic carbocycles. The molecule has 0 aliphatic carbocycles. The number of hydrogen-bond donors (Lipinski definition) is 0. The molecular weight excluding hydrogens is 705 g/mol. The minimum absolute atomic E-state index is 0.914. The average molecular weight is 739 g/mol. The predicted octanol–water partition coefficient (Wildman–Crippen LogP) is 14.0. The molecule has 12 aromatic rings. The van der Waals surface area contributed by atoms with E-state index < -0.39 is 0 Å². The van der Waals surface area contributed by atoms with Crippen LogP contribution in [0.5, 0.6) is 0 Å². The Kier molecular flexibility index (Phi) is 7.20. The van der Waals surface area contributed by atoms with Gasteiger partial charge in [0.15, 0.2) is 0 Å². The number of imidazole rings is 2. The molecule has 0 aliphatic rings. The molecule has 0 atom stereocenters. The fraction of sp³-hybridized carbons (Fsp3) is 0. The molecule has 0 unspecified atom stereocenters. The molecule has 0 bridgehead atoms. The van der Waals surface area contributed by atoms with Gasteiger partial charge in [0.2, 0.25) is 0 Å². The Labute approximate surface area is 334 Å². The van der Waals surface area contributed by atoms with Gasteiger partial charge in [-0.2, -0.15) is 0 Å². The Morgan fingerprint density at radius 2 is 0.621 bits per heavy atom. The highest BCUT2D eigenvalue weighted by Crippen LogP contribution is 2.41. The number of nitrogens with zero attached hydrogens (tertiary/aromatic N) is 4. The van der Waals surface area contributed by atoms with Crippen molar-refractivity contribution >= 4 is 65.2 Å². The second-order valence-electron chi connectivity index (χ2n) is 14.9. The van der Waals surface area contributed by atoms with E-state index in [0.717, 1.165) is 78.1 Å². The molecular formula is C54H34N4. The summed E-state index contributed by atoms with van der Waals surface area (Å²) in [5, 5.41) is 9.57. The first-order valence-corrected chi connectivity index (χ1v) is 19.8. The van der Waals surface area contributed by atoms with Gasteiger partial charge in [-0.3, -0.25) is 9.13 Å². The number of hydrogen-bond acceptors (Lipinski definition) is 2. The molecule has 0 N–H and O–H groups in total. The Hall–Kier alpha value is -7.82. The topological polar surface area (TPSA) is 35.6 Å². The average Bonchev–Trinajstić information content (AvgIpc) is 3.92. The number of rotatable bonds is 5. The lowest BCUT2D eigenvalue weighted by molar-refractivity contribution is 1.11. The Morgan fingerprint density at radius 3 is 1.10 bits per heavy atom. The van der Waals surface area contributed by atoms with Crippen LogP contribution in [0.4, 0.5) is 0 Å². The summed E-state index contributed by atoms with van der Waals surface area (Å²) in [7, 11) is 0. The standard InChI is InChI=1S/C54H34N4/c1-3-18-39(19-4-1)57-51-47-28-13-9-24-43(47)41-22-7-11-26-45(41)49(51)55-53(57)36-32-30-35(31-33-36)37-16-15-17-38(34-37)54-56-50-46-27-12-8-23-42(46)44-25-10-14-29-48(44)52(50)58(54)40-20-5-2-6-21-40/h1-34H. The summed E-state index contributed by atoms with van der Waals surface area (Å²) < 4.78 is 4.68. The van der Waals surface area contributed by atoms with E-state index in [1.807, 2.05) is 0 Å². The van der Waals surface area contributed by atoms with Crippen LogP contribution >= 0.6 is 0 Å². The van der Waals surface area contributed by atoms with Gasteiger partial charge in [-0.1, -0.05) is 176 Å². The molecule has 0 aliphatic heterocycles. The zero-order chi connectivity index (χ0) is 38.2. The van der Waals surface area contributed by atoms with Crippen molar-refractivity contribution in [2.24, 2.45) is 0 Å². The van der Waals surface area contributed by atoms with Gasteiger partial charge in [0.25, 0.3) is 0 Å². The highest BCUT2D eigenvalue weighted by atomic mass is 15.1. The van der Waals surface area contributed by atoms with Gasteiger partial charge in [0, 0.05) is 44.0 Å². The van der Waals surface area contributed by atoms with Crippen LogP contribution in [0.25, 0.3) is 110 Å². The lowest BCUT2D eigenvalue weighted by atomic mass is 10.00. The van der Waals surface area contributed by atoms with Crippen molar-refractivity contribution in [2.75, 3.05) is 0 Å². The molecule has 270 valence electrons. The summed E-state index contributed by atoms with van der Waals surface area (Å²) in [6, 6.07) is 73.6. The van der Waals surface area contributed by atoms with E-state index >= 15 is 0 Å². The molecule has 4 nitrogen and oxygen atoms in total. The predicted molar refractivity (Wildman–Crippen MR) is 242 cm³/mol. The van der Waals surface area contributed by atoms with E-state index in [4.69, 9.17) is 9.97 Å². The molecule has 0 saturated carbocycles. The minimum Gasteiger partial charge on any atom is -0.292 e. The third-order valence-corrected chi connectivity index (χ3v) is 11.7. The second-order valence-corrected chi connectivity index (χ2v) is 14.9. The third kappa shape index (κ3) is 4.88. The summed E-state index contributed by atoms with van der Waals surface area (Å²) in [6.45, 7) is 0. The van der Waals surface area contributed by atoms with Crippen LogP contribution in [-0.4, -0.2) is 19.1 Å². The highest BCUT2D eigenvalue weighted by Gasteiger charge is 2.22. The van der Waals surface area contributed by atoms with Gasteiger partial charge in [-0.05, 0) is 63.0 Å². The van der Waals surface area contributed by atoms with E-state index in [2.05, 4.69) is 215 Å². The summed E-state index contributed by atoms with van der Waals surface area (Å²) in [4.78, 5) is 10.9. The van der Waals surface area contributed by atoms with Crippen molar-refractivity contribution in [3.63, 3.8) is 0 Å². The van der Waals surface area contributed by atoms with E-state index in [1.54, 1.807) is 0 Å². The number of aromatic nitrogens is 4. The summed E-state index contributed by atoms with van der Waals surface area (Å²) in [5.74, 6) is 1.83. The van der Waals surface area contributed by atoms with Gasteiger partial charge in [-0.15, -0.1) is 0 Å². The SMILES string of the molecule is c1ccc(-n2c(-c3ccc(-c4cccc(-c5nc6c7ccccc7c7ccccc7c6n5-c5ccccc5)c4)cc3)nc3c4ccccc4c4ccccc4c32)cc1. The second kappa shape index (κ2) is 12.9. The fourth-order valence-electron chi connectivity index (χ4n) is 9.10. The Morgan fingerprint density at radius 1 is 0.259 bits per heavy atom. The van der Waals surface area contributed by atoms with Crippen LogP contribution in [0.1, 0.15) is 0 Å². The van der Waals surface area contributed by atoms with E-state index in [1.165, 1.54) is 32.3 Å². The van der Waals surface area contributed by atoms with Crippen LogP contribution in [0.3, 0.4) is 0 Å². The first kappa shape index (κ1) is 32.4. The maximum absolute atomic E-state index is 5.48. The fourth-order valence-corrected chi connectivity index (χ4v) is 9.10. The zero-order valence-electron chi connectivity index (χ0n) is 31.4. The lowest BCUT2D eigenvalue weighted by Gasteiger charge is -2.13. The zero-order valence-corrected chi connectivity index (χ0v) is 31.4. The van der Waals surface area contributed by atoms with Crippen LogP contribution in [0.15, 0.2) is 206 Å². The van der Waals surface area contributed by atoms with Crippen LogP contribution in [0, 0.1) is 0 Å². The molecule has 0 saturated heterocycles. The molecule has 4 heteroatoms. The van der Waals surface area contributed by atoms with Crippen LogP contribution in [0.2, 0.25) is 0 Å². The number of para-hydroxylation sites is 2. The maximum Gasteiger partial charge on any atom is 0.145 e. The minimum atomic E-state index is 0.914. The number of fused-ring (bicyclic) bond motifs is 12. The molecule has 0 radical (unpaired) electrons. The van der Waals surface area contributed by atoms with Crippen LogP contribution in [-0.2, 0) is 0 Å². The maximum atomic E-state index is 5.48. The van der Waals surface area contributed by atoms with Gasteiger partial charge >= 0.3 is 0 Å². The van der Waals surface area contributed by atoms with Crippen molar-refractivity contribution < 1.29 is 0 Å². The third-order valence-electron chi connectivity index (χ3n) is 11.7. The van der Waals surface area contributed by atoms with Gasteiger partial charge < -0.3 is 0 Å². The van der Waals surface area contributed by atoms with Gasteiger partial charge in [0.1, 0.15) is 11.6 Å². The van der Waals surface area contributed by atoms with Crippen molar-refractivity contribution in [3.05, 3.63) is 206 Å². The van der Waals surface area contributed by atoms with Crippen molar-refractivity contribution in [2.45, 2.75) is 0 Å². The first-order chi connectivity index (χ1) is 28.8. The lowest BCUT2D eigenvalue weighted by Crippen LogP contribution is -1.98. The normalized spacial score (nSPS) is 11.8. The van der Waals surface area contributed by atoms with E-state index in [-0.39, 0.29) is 0 Å². The monoisotopic (exact) mass is 738 g/mol. The first-order valence-electron chi connectivity index (χ1n) is 19.8. The molecule has 2 aromatic heterocycles. The largest absolute Gasteiger partial charge is 0.292 e. The van der Waals surface area contributed by atoms with Gasteiger partial charge in [-0.25, -0.2) is 9.97 Å². The van der Waals surface area contributed by atoms with Gasteiger partial charge in [0.05, 0.1) is 22.1 Å². The molecule has 0 amide bonds. The molecule has 0 spiro atoms. The molecule has 12 rings (SSSR count). The van der Waals surface area contributed by atoms with E-state index in [0.29, 0.717) is 0 Å². The summed E-state index contributed by atoms with van der Waals surface area (Å²) >= 11 is 0.